The number of ether oxygens (including phenoxy) is 1. The zero-order valence-corrected chi connectivity index (χ0v) is 21.9. The van der Waals surface area contributed by atoms with Crippen molar-refractivity contribution >= 4 is 38.9 Å². The van der Waals surface area contributed by atoms with Crippen LogP contribution in [0.3, 0.4) is 0 Å². The minimum absolute atomic E-state index is 0.183. The van der Waals surface area contributed by atoms with Gasteiger partial charge in [-0.15, -0.1) is 11.3 Å². The molecule has 2 aromatic heterocycles. The van der Waals surface area contributed by atoms with Crippen LogP contribution in [-0.2, 0) is 4.79 Å². The predicted octanol–water partition coefficient (Wildman–Crippen LogP) is 5.24. The molecular weight excluding hydrogens is 474 g/mol. The highest BCUT2D eigenvalue weighted by molar-refractivity contribution is 7.19. The van der Waals surface area contributed by atoms with Crippen molar-refractivity contribution in [3.8, 4) is 16.9 Å². The number of hydrogen-bond donors (Lipinski definition) is 0. The summed E-state index contributed by atoms with van der Waals surface area (Å²) in [5, 5.41) is 0.529. The molecule has 8 heteroatoms. The average Bonchev–Trinajstić information content (AvgIpc) is 3.20. The lowest BCUT2D eigenvalue weighted by molar-refractivity contribution is -0.125. The molecule has 1 aliphatic rings. The number of nitrogens with zero attached hydrogens (tertiary/aromatic N) is 3. The fourth-order valence-corrected chi connectivity index (χ4v) is 5.67. The minimum atomic E-state index is -0.787. The third-order valence-electron chi connectivity index (χ3n) is 6.99. The number of amides is 1. The molecule has 3 heterocycles. The number of fused-ring (bicyclic) bond motifs is 2. The number of benzene rings is 2. The van der Waals surface area contributed by atoms with Crippen molar-refractivity contribution in [3.63, 3.8) is 0 Å². The van der Waals surface area contributed by atoms with E-state index in [2.05, 4.69) is 31.0 Å². The number of thiophene rings is 1. The second kappa shape index (κ2) is 8.71. The zero-order valence-electron chi connectivity index (χ0n) is 21.1. The van der Waals surface area contributed by atoms with Crippen molar-refractivity contribution in [1.82, 2.24) is 9.55 Å². The smallest absolute Gasteiger partial charge is 0.267 e. The van der Waals surface area contributed by atoms with E-state index in [9.17, 15) is 14.4 Å². The van der Waals surface area contributed by atoms with E-state index in [0.29, 0.717) is 27.2 Å². The number of hydrogen-bond acceptors (Lipinski definition) is 6. The van der Waals surface area contributed by atoms with Crippen LogP contribution in [0, 0.1) is 20.8 Å². The van der Waals surface area contributed by atoms with E-state index < -0.39 is 12.1 Å². The first-order chi connectivity index (χ1) is 17.1. The second-order valence-electron chi connectivity index (χ2n) is 9.35. The van der Waals surface area contributed by atoms with Gasteiger partial charge in [-0.2, -0.15) is 0 Å². The first kappa shape index (κ1) is 23.9. The summed E-state index contributed by atoms with van der Waals surface area (Å²) in [6, 6.07) is 10.4. The molecule has 0 N–H and O–H groups in total. The quantitative estimate of drug-likeness (QED) is 0.357. The second-order valence-corrected chi connectivity index (χ2v) is 10.6. The third-order valence-corrected chi connectivity index (χ3v) is 8.01. The summed E-state index contributed by atoms with van der Waals surface area (Å²) in [7, 11) is 1.66. The molecule has 0 radical (unpaired) electrons. The van der Waals surface area contributed by atoms with Crippen molar-refractivity contribution < 1.29 is 14.3 Å². The van der Waals surface area contributed by atoms with Gasteiger partial charge in [-0.25, -0.2) is 4.98 Å². The molecular formula is C28H27N3O4S. The molecule has 5 rings (SSSR count). The van der Waals surface area contributed by atoms with Crippen molar-refractivity contribution in [2.24, 2.45) is 0 Å². The highest BCUT2D eigenvalue weighted by Crippen LogP contribution is 2.37. The summed E-state index contributed by atoms with van der Waals surface area (Å²) in [5.74, 6) is 0.110. The molecule has 0 fully saturated rings. The van der Waals surface area contributed by atoms with Gasteiger partial charge in [0.15, 0.2) is 11.9 Å². The lowest BCUT2D eigenvalue weighted by atomic mass is 9.99. The summed E-state index contributed by atoms with van der Waals surface area (Å²) in [4.78, 5) is 47.3. The number of aromatic nitrogens is 2. The Balaban J connectivity index is 1.57. The Hall–Kier alpha value is -3.78. The Kier molecular flexibility index (Phi) is 5.79. The Bertz CT molecular complexity index is 1620. The molecule has 2 aromatic carbocycles. The summed E-state index contributed by atoms with van der Waals surface area (Å²) >= 11 is 1.48. The number of aryl methyl sites for hydroxylation is 3. The van der Waals surface area contributed by atoms with Crippen LogP contribution in [-0.4, -0.2) is 34.4 Å². The van der Waals surface area contributed by atoms with Gasteiger partial charge in [-0.1, -0.05) is 18.2 Å². The molecule has 0 saturated carbocycles. The van der Waals surface area contributed by atoms with Crippen molar-refractivity contribution in [2.45, 2.75) is 46.8 Å². The highest BCUT2D eigenvalue weighted by atomic mass is 32.1. The van der Waals surface area contributed by atoms with E-state index in [1.807, 2.05) is 13.0 Å². The first-order valence-electron chi connectivity index (χ1n) is 11.8. The molecule has 4 aromatic rings. The van der Waals surface area contributed by atoms with Crippen LogP contribution in [0.5, 0.6) is 5.75 Å². The summed E-state index contributed by atoms with van der Waals surface area (Å²) < 4.78 is 7.07. The maximum absolute atomic E-state index is 13.7. The average molecular weight is 502 g/mol. The molecule has 0 spiro atoms. The lowest BCUT2D eigenvalue weighted by Crippen LogP contribution is -2.42. The molecule has 0 aliphatic carbocycles. The lowest BCUT2D eigenvalue weighted by Gasteiger charge is -2.30. The van der Waals surface area contributed by atoms with Gasteiger partial charge >= 0.3 is 0 Å². The molecule has 0 saturated heterocycles. The van der Waals surface area contributed by atoms with E-state index in [4.69, 9.17) is 4.74 Å². The van der Waals surface area contributed by atoms with Gasteiger partial charge in [0, 0.05) is 23.1 Å². The Morgan fingerprint density at radius 3 is 2.56 bits per heavy atom. The zero-order chi connectivity index (χ0) is 25.9. The topological polar surface area (TPSA) is 81.5 Å². The van der Waals surface area contributed by atoms with Gasteiger partial charge in [-0.05, 0) is 69.5 Å². The monoisotopic (exact) mass is 501 g/mol. The Morgan fingerprint density at radius 1 is 1.08 bits per heavy atom. The van der Waals surface area contributed by atoms with Crippen LogP contribution < -0.4 is 15.2 Å². The fourth-order valence-electron chi connectivity index (χ4n) is 4.67. The SMILES string of the molecule is Cc1ccc(-c2c(C)sc3ncn(C(C)C(=O)c4ccc5c(c4)N(C)C(=O)C(C)O5)c(=O)c23)cc1C. The van der Waals surface area contributed by atoms with Crippen molar-refractivity contribution in [2.75, 3.05) is 11.9 Å². The number of likely N-dealkylation sites (N-methyl/N-ethyl adjacent to an activating group) is 1. The summed E-state index contributed by atoms with van der Waals surface area (Å²) in [5.41, 5.74) is 4.83. The standard InChI is InChI=1S/C28H27N3O4S/c1-14-7-8-19(11-15(14)2)23-18(5)36-26-24(23)28(34)31(13-29-26)16(3)25(32)20-9-10-22-21(12-20)30(6)27(33)17(4)35-22/h7-13,16-17H,1-6H3. The van der Waals surface area contributed by atoms with E-state index in [-0.39, 0.29) is 17.2 Å². The summed E-state index contributed by atoms with van der Waals surface area (Å²) in [6.45, 7) is 9.48. The van der Waals surface area contributed by atoms with Gasteiger partial charge in [0.2, 0.25) is 0 Å². The van der Waals surface area contributed by atoms with Gasteiger partial charge < -0.3 is 9.64 Å². The normalized spacial score (nSPS) is 16.1. The number of Topliss-reactive ketones (excluding diaryl/α,β-unsaturated/α-hetero) is 1. The van der Waals surface area contributed by atoms with Gasteiger partial charge in [0.1, 0.15) is 10.6 Å². The third kappa shape index (κ3) is 3.73. The molecule has 36 heavy (non-hydrogen) atoms. The van der Waals surface area contributed by atoms with Crippen LogP contribution in [0.1, 0.15) is 46.3 Å². The number of rotatable bonds is 4. The molecule has 1 aliphatic heterocycles. The molecule has 2 unspecified atom stereocenters. The maximum atomic E-state index is 13.7. The maximum Gasteiger partial charge on any atom is 0.267 e. The molecule has 184 valence electrons. The highest BCUT2D eigenvalue weighted by Gasteiger charge is 2.30. The van der Waals surface area contributed by atoms with E-state index in [0.717, 1.165) is 21.6 Å². The van der Waals surface area contributed by atoms with Gasteiger partial charge in [-0.3, -0.25) is 19.0 Å². The Morgan fingerprint density at radius 2 is 1.83 bits per heavy atom. The number of carbonyl (C=O) groups excluding carboxylic acids is 2. The Labute approximate surface area is 213 Å². The van der Waals surface area contributed by atoms with Crippen LogP contribution >= 0.6 is 11.3 Å². The largest absolute Gasteiger partial charge is 0.479 e. The predicted molar refractivity (Wildman–Crippen MR) is 143 cm³/mol. The van der Waals surface area contributed by atoms with E-state index >= 15 is 0 Å². The van der Waals surface area contributed by atoms with Crippen LogP contribution in [0.15, 0.2) is 47.5 Å². The minimum Gasteiger partial charge on any atom is -0.479 e. The molecule has 1 amide bonds. The van der Waals surface area contributed by atoms with Crippen LogP contribution in [0.25, 0.3) is 21.3 Å². The number of carbonyl (C=O) groups is 2. The van der Waals surface area contributed by atoms with Gasteiger partial charge in [0.25, 0.3) is 11.5 Å². The van der Waals surface area contributed by atoms with Gasteiger partial charge in [0.05, 0.1) is 23.4 Å². The van der Waals surface area contributed by atoms with Crippen molar-refractivity contribution in [1.29, 1.82) is 0 Å². The van der Waals surface area contributed by atoms with E-state index in [1.165, 1.54) is 32.7 Å². The first-order valence-corrected chi connectivity index (χ1v) is 12.6. The summed E-state index contributed by atoms with van der Waals surface area (Å²) in [6.07, 6.45) is 0.867. The van der Waals surface area contributed by atoms with E-state index in [1.54, 1.807) is 39.1 Å². The molecule has 7 nitrogen and oxygen atoms in total. The fraction of sp³-hybridized carbons (Fsp3) is 0.286. The molecule has 0 bridgehead atoms. The van der Waals surface area contributed by atoms with Crippen LogP contribution in [0.2, 0.25) is 0 Å². The molecule has 2 atom stereocenters. The van der Waals surface area contributed by atoms with Crippen LogP contribution in [0.4, 0.5) is 5.69 Å². The number of anilines is 1. The van der Waals surface area contributed by atoms with Crippen molar-refractivity contribution in [3.05, 3.63) is 74.6 Å². The number of ketones is 1.